The predicted octanol–water partition coefficient (Wildman–Crippen LogP) is 8.20. The first-order chi connectivity index (χ1) is 15.8. The van der Waals surface area contributed by atoms with Crippen LogP contribution in [-0.2, 0) is 0 Å². The van der Waals surface area contributed by atoms with Gasteiger partial charge in [0.1, 0.15) is 0 Å². The van der Waals surface area contributed by atoms with Crippen LogP contribution in [0.15, 0.2) is 36.7 Å². The normalized spacial score (nSPS) is 26.1. The molecule has 2 saturated carbocycles. The Morgan fingerprint density at radius 2 is 1.41 bits per heavy atom. The van der Waals surface area contributed by atoms with Crippen LogP contribution in [0, 0.1) is 17.8 Å². The van der Waals surface area contributed by atoms with Gasteiger partial charge >= 0.3 is 0 Å². The molecule has 2 aliphatic carbocycles. The van der Waals surface area contributed by atoms with Crippen LogP contribution in [0.4, 0.5) is 0 Å². The Balaban J connectivity index is 1.24. The van der Waals surface area contributed by atoms with E-state index in [1.165, 1.54) is 82.6 Å². The lowest BCUT2D eigenvalue weighted by Crippen LogP contribution is -2.25. The van der Waals surface area contributed by atoms with Crippen LogP contribution in [0.3, 0.4) is 0 Å². The number of ether oxygens (including phenoxy) is 1. The molecule has 0 aliphatic heterocycles. The molecular weight excluding hydrogens is 392 g/mol. The van der Waals surface area contributed by atoms with Gasteiger partial charge < -0.3 is 4.74 Å². The number of rotatable bonds is 9. The largest absolute Gasteiger partial charge is 0.491 e. The number of aromatic nitrogens is 2. The molecule has 0 radical (unpaired) electrons. The van der Waals surface area contributed by atoms with Gasteiger partial charge in [-0.2, -0.15) is 0 Å². The molecule has 3 heteroatoms. The van der Waals surface area contributed by atoms with Crippen molar-refractivity contribution in [2.45, 2.75) is 96.8 Å². The van der Waals surface area contributed by atoms with E-state index in [9.17, 15) is 0 Å². The molecule has 32 heavy (non-hydrogen) atoms. The first-order valence-electron chi connectivity index (χ1n) is 13.3. The van der Waals surface area contributed by atoms with E-state index >= 15 is 0 Å². The Labute approximate surface area is 195 Å². The average Bonchev–Trinajstić information content (AvgIpc) is 2.86. The van der Waals surface area contributed by atoms with Crippen LogP contribution in [0.1, 0.15) is 102 Å². The van der Waals surface area contributed by atoms with E-state index in [2.05, 4.69) is 41.2 Å². The van der Waals surface area contributed by atoms with Gasteiger partial charge in [-0.3, -0.25) is 0 Å². The van der Waals surface area contributed by atoms with Gasteiger partial charge in [0.15, 0.2) is 11.6 Å². The van der Waals surface area contributed by atoms with Gasteiger partial charge in [0.25, 0.3) is 0 Å². The molecule has 0 saturated heterocycles. The first-order valence-corrected chi connectivity index (χ1v) is 13.3. The molecule has 0 N–H and O–H groups in total. The minimum absolute atomic E-state index is 0.639. The van der Waals surface area contributed by atoms with Crippen LogP contribution in [0.5, 0.6) is 5.75 Å². The molecule has 1 heterocycles. The van der Waals surface area contributed by atoms with E-state index in [0.717, 1.165) is 40.8 Å². The fourth-order valence-electron chi connectivity index (χ4n) is 6.17. The van der Waals surface area contributed by atoms with Crippen molar-refractivity contribution in [2.75, 3.05) is 6.61 Å². The van der Waals surface area contributed by atoms with E-state index in [1.54, 1.807) is 12.4 Å². The molecule has 3 nitrogen and oxygen atoms in total. The minimum Gasteiger partial charge on any atom is -0.491 e. The number of nitrogens with zero attached hydrogens (tertiary/aromatic N) is 2. The zero-order chi connectivity index (χ0) is 22.2. The summed E-state index contributed by atoms with van der Waals surface area (Å²) in [4.78, 5) is 8.92. The molecule has 4 rings (SSSR count). The SMILES string of the molecule is CCCCCC1CCC(C2CCC(c3ccc(-c4ncc(OCC)cn4)cc3)CC2)CC1. The van der Waals surface area contributed by atoms with Crippen molar-refractivity contribution in [3.05, 3.63) is 42.2 Å². The van der Waals surface area contributed by atoms with Crippen LogP contribution in [-0.4, -0.2) is 16.6 Å². The summed E-state index contributed by atoms with van der Waals surface area (Å²) in [5.41, 5.74) is 2.58. The second kappa shape index (κ2) is 11.8. The maximum atomic E-state index is 5.45. The standard InChI is InChI=1S/C29H42N2O/c1-3-5-6-7-22-8-10-23(11-9-22)24-12-14-25(15-13-24)26-16-18-27(19-17-26)29-30-20-28(21-31-29)32-4-2/h16-25H,3-15H2,1-2H3. The van der Waals surface area contributed by atoms with Crippen molar-refractivity contribution in [1.29, 1.82) is 0 Å². The summed E-state index contributed by atoms with van der Waals surface area (Å²) in [6.07, 6.45) is 20.9. The van der Waals surface area contributed by atoms with Gasteiger partial charge in [0.2, 0.25) is 0 Å². The summed E-state index contributed by atoms with van der Waals surface area (Å²) in [5, 5.41) is 0. The Hall–Kier alpha value is -1.90. The predicted molar refractivity (Wildman–Crippen MR) is 133 cm³/mol. The molecule has 0 atom stereocenters. The molecule has 0 amide bonds. The Bertz CT molecular complexity index is 785. The van der Waals surface area contributed by atoms with Crippen LogP contribution in [0.25, 0.3) is 11.4 Å². The van der Waals surface area contributed by atoms with Gasteiger partial charge in [-0.1, -0.05) is 69.7 Å². The van der Waals surface area contributed by atoms with E-state index in [-0.39, 0.29) is 0 Å². The smallest absolute Gasteiger partial charge is 0.159 e. The molecule has 0 spiro atoms. The Morgan fingerprint density at radius 1 is 0.781 bits per heavy atom. The average molecular weight is 435 g/mol. The van der Waals surface area contributed by atoms with Crippen LogP contribution < -0.4 is 4.74 Å². The van der Waals surface area contributed by atoms with Crippen molar-refractivity contribution in [1.82, 2.24) is 9.97 Å². The van der Waals surface area contributed by atoms with Crippen molar-refractivity contribution < 1.29 is 4.74 Å². The topological polar surface area (TPSA) is 35.0 Å². The first kappa shape index (κ1) is 23.3. The van der Waals surface area contributed by atoms with Gasteiger partial charge in [-0.15, -0.1) is 0 Å². The van der Waals surface area contributed by atoms with E-state index in [0.29, 0.717) is 6.61 Å². The quantitative estimate of drug-likeness (QED) is 0.373. The highest BCUT2D eigenvalue weighted by molar-refractivity contribution is 5.55. The number of hydrogen-bond donors (Lipinski definition) is 0. The maximum Gasteiger partial charge on any atom is 0.159 e. The summed E-state index contributed by atoms with van der Waals surface area (Å²) in [6.45, 7) is 4.93. The lowest BCUT2D eigenvalue weighted by atomic mass is 9.68. The Kier molecular flexibility index (Phi) is 8.59. The summed E-state index contributed by atoms with van der Waals surface area (Å²) < 4.78 is 5.45. The Morgan fingerprint density at radius 3 is 2.00 bits per heavy atom. The molecule has 2 fully saturated rings. The van der Waals surface area contributed by atoms with Crippen molar-refractivity contribution >= 4 is 0 Å². The van der Waals surface area contributed by atoms with Gasteiger partial charge in [-0.25, -0.2) is 9.97 Å². The monoisotopic (exact) mass is 434 g/mol. The maximum absolute atomic E-state index is 5.45. The molecule has 0 unspecified atom stereocenters. The number of unbranched alkanes of at least 4 members (excludes halogenated alkanes) is 2. The second-order valence-corrected chi connectivity index (χ2v) is 10.2. The lowest BCUT2D eigenvalue weighted by molar-refractivity contribution is 0.155. The lowest BCUT2D eigenvalue weighted by Gasteiger charge is -2.38. The zero-order valence-corrected chi connectivity index (χ0v) is 20.3. The molecule has 0 bridgehead atoms. The highest BCUT2D eigenvalue weighted by atomic mass is 16.5. The molecular formula is C29H42N2O. The molecule has 2 aromatic rings. The number of hydrogen-bond acceptors (Lipinski definition) is 3. The molecule has 1 aromatic heterocycles. The summed E-state index contributed by atoms with van der Waals surface area (Å²) in [6, 6.07) is 9.00. The molecule has 2 aliphatic rings. The van der Waals surface area contributed by atoms with Crippen molar-refractivity contribution in [2.24, 2.45) is 17.8 Å². The van der Waals surface area contributed by atoms with E-state index in [4.69, 9.17) is 4.74 Å². The number of benzene rings is 1. The van der Waals surface area contributed by atoms with Gasteiger partial charge in [-0.05, 0) is 74.7 Å². The van der Waals surface area contributed by atoms with Gasteiger partial charge in [0.05, 0.1) is 19.0 Å². The second-order valence-electron chi connectivity index (χ2n) is 10.2. The van der Waals surface area contributed by atoms with E-state index in [1.807, 2.05) is 6.92 Å². The zero-order valence-electron chi connectivity index (χ0n) is 20.3. The molecule has 1 aromatic carbocycles. The van der Waals surface area contributed by atoms with Crippen molar-refractivity contribution in [3.8, 4) is 17.1 Å². The molecule has 174 valence electrons. The third kappa shape index (κ3) is 6.11. The third-order valence-electron chi connectivity index (χ3n) is 8.13. The minimum atomic E-state index is 0.639. The highest BCUT2D eigenvalue weighted by Gasteiger charge is 2.31. The van der Waals surface area contributed by atoms with Crippen LogP contribution in [0.2, 0.25) is 0 Å². The van der Waals surface area contributed by atoms with Gasteiger partial charge in [0, 0.05) is 5.56 Å². The fourth-order valence-corrected chi connectivity index (χ4v) is 6.17. The third-order valence-corrected chi connectivity index (χ3v) is 8.13. The summed E-state index contributed by atoms with van der Waals surface area (Å²) in [7, 11) is 0. The fraction of sp³-hybridized carbons (Fsp3) is 0.655. The van der Waals surface area contributed by atoms with Crippen LogP contribution >= 0.6 is 0 Å². The van der Waals surface area contributed by atoms with E-state index < -0.39 is 0 Å². The van der Waals surface area contributed by atoms with Crippen molar-refractivity contribution in [3.63, 3.8) is 0 Å². The summed E-state index contributed by atoms with van der Waals surface area (Å²) in [5.74, 6) is 5.26. The summed E-state index contributed by atoms with van der Waals surface area (Å²) >= 11 is 0. The highest BCUT2D eigenvalue weighted by Crippen LogP contribution is 2.44.